The number of rotatable bonds is 4. The van der Waals surface area contributed by atoms with Gasteiger partial charge in [-0.1, -0.05) is 0 Å². The van der Waals surface area contributed by atoms with Gasteiger partial charge >= 0.3 is 164 Å². The molecule has 1 unspecified atom stereocenters. The summed E-state index contributed by atoms with van der Waals surface area (Å²) >= 11 is -1.74. The molecule has 0 bridgehead atoms. The van der Waals surface area contributed by atoms with Crippen LogP contribution in [0.1, 0.15) is 56.3 Å². The van der Waals surface area contributed by atoms with Crippen molar-refractivity contribution in [2.45, 2.75) is 61.9 Å². The number of benzene rings is 1. The summed E-state index contributed by atoms with van der Waals surface area (Å²) in [5.74, 6) is -0.00959. The monoisotopic (exact) mass is 497 g/mol. The van der Waals surface area contributed by atoms with Crippen molar-refractivity contribution < 1.29 is 45.7 Å². The van der Waals surface area contributed by atoms with E-state index in [1.165, 1.54) is 5.56 Å². The van der Waals surface area contributed by atoms with Gasteiger partial charge in [-0.15, -0.1) is 0 Å². The van der Waals surface area contributed by atoms with Crippen LogP contribution >= 0.6 is 0 Å². The van der Waals surface area contributed by atoms with Gasteiger partial charge in [0.15, 0.2) is 0 Å². The molecular formula is C23H33Cl2SiZr. The molecule has 27 heavy (non-hydrogen) atoms. The first-order chi connectivity index (χ1) is 11.8. The second-order valence-electron chi connectivity index (χ2n) is 8.56. The van der Waals surface area contributed by atoms with Gasteiger partial charge < -0.3 is 24.8 Å². The van der Waals surface area contributed by atoms with Crippen molar-refractivity contribution in [3.05, 3.63) is 63.3 Å². The van der Waals surface area contributed by atoms with Crippen LogP contribution < -0.4 is 24.8 Å². The summed E-state index contributed by atoms with van der Waals surface area (Å²) < 4.78 is 1.64. The van der Waals surface area contributed by atoms with E-state index in [0.717, 1.165) is 7.25 Å². The second kappa shape index (κ2) is 9.75. The van der Waals surface area contributed by atoms with Crippen molar-refractivity contribution in [2.24, 2.45) is 5.92 Å². The molecule has 2 aliphatic rings. The maximum Gasteiger partial charge on any atom is -1.00 e. The Hall–Kier alpha value is 0.120. The molecule has 0 aliphatic heterocycles. The summed E-state index contributed by atoms with van der Waals surface area (Å²) in [6, 6.07) is 9.26. The van der Waals surface area contributed by atoms with Gasteiger partial charge in [-0.05, 0) is 0 Å². The molecule has 0 N–H and O–H groups in total. The Morgan fingerprint density at radius 1 is 0.852 bits per heavy atom. The minimum atomic E-state index is -1.74. The SMILES string of the molecule is CC1=C(C)[CH]([Zr+2]([CH]2C(C(C)C)=Cc3ccccc32)[SiH](C)C)C(C)=C1C.[Cl-].[Cl-]. The van der Waals surface area contributed by atoms with E-state index in [9.17, 15) is 0 Å². The Morgan fingerprint density at radius 3 is 1.85 bits per heavy atom. The van der Waals surface area contributed by atoms with Gasteiger partial charge in [0, 0.05) is 0 Å². The zero-order valence-electron chi connectivity index (χ0n) is 18.0. The van der Waals surface area contributed by atoms with Gasteiger partial charge in [-0.3, -0.25) is 0 Å². The molecule has 0 fully saturated rings. The predicted octanol–water partition coefficient (Wildman–Crippen LogP) is 0.865. The molecule has 2 aliphatic carbocycles. The van der Waals surface area contributed by atoms with E-state index in [1.807, 2.05) is 0 Å². The molecule has 0 spiro atoms. The first kappa shape index (κ1) is 25.2. The van der Waals surface area contributed by atoms with Crippen molar-refractivity contribution >= 4 is 12.0 Å². The normalized spacial score (nSPS) is 19.3. The topological polar surface area (TPSA) is 0 Å². The fraction of sp³-hybridized carbons (Fsp3) is 0.478. The average molecular weight is 500 g/mol. The van der Waals surface area contributed by atoms with Gasteiger partial charge in [-0.25, -0.2) is 0 Å². The summed E-state index contributed by atoms with van der Waals surface area (Å²) in [7, 11) is 0. The van der Waals surface area contributed by atoms with Crippen molar-refractivity contribution in [1.29, 1.82) is 0 Å². The molecule has 0 saturated heterocycles. The number of hydrogen-bond donors (Lipinski definition) is 0. The largest absolute Gasteiger partial charge is 1.00 e. The molecule has 1 atom stereocenters. The van der Waals surface area contributed by atoms with Crippen molar-refractivity contribution in [2.75, 3.05) is 0 Å². The standard InChI is InChI=1S/C12H13.C9H13.C2H7Si.2ClH.Zr/c1-9(2)12-7-10-5-3-4-6-11(10)8-12;1-6-5-7(2)9(4)8(6)3;1-3-2;;;/h3-9H,1-2H3;5H,1-4H3;3H,1-2H3;2*1H;/q;;;;;+2/p-2. The van der Waals surface area contributed by atoms with Crippen LogP contribution in [-0.4, -0.2) is 5.92 Å². The molecule has 1 aromatic carbocycles. The molecule has 3 rings (SSSR count). The molecule has 0 radical (unpaired) electrons. The Kier molecular flexibility index (Phi) is 9.08. The Balaban J connectivity index is 0.00000182. The van der Waals surface area contributed by atoms with Crippen molar-refractivity contribution in [3.63, 3.8) is 0 Å². The van der Waals surface area contributed by atoms with E-state index in [-0.39, 0.29) is 24.8 Å². The van der Waals surface area contributed by atoms with E-state index < -0.39 is 26.8 Å². The summed E-state index contributed by atoms with van der Waals surface area (Å²) in [4.78, 5) is 0. The number of halogens is 2. The predicted molar refractivity (Wildman–Crippen MR) is 111 cm³/mol. The number of allylic oxidation sites excluding steroid dienone is 5. The van der Waals surface area contributed by atoms with Gasteiger partial charge in [0.1, 0.15) is 0 Å². The quantitative estimate of drug-likeness (QED) is 0.540. The maximum absolute atomic E-state index is 2.65. The Labute approximate surface area is 187 Å². The van der Waals surface area contributed by atoms with E-state index >= 15 is 0 Å². The number of fused-ring (bicyclic) bond motifs is 1. The molecule has 0 nitrogen and oxygen atoms in total. The van der Waals surface area contributed by atoms with E-state index in [2.05, 4.69) is 85.0 Å². The first-order valence-corrected chi connectivity index (χ1v) is 19.8. The molecule has 0 saturated carbocycles. The smallest absolute Gasteiger partial charge is 1.00 e. The molecule has 0 aromatic heterocycles. The third kappa shape index (κ3) is 4.35. The Bertz CT molecular complexity index is 765. The minimum absolute atomic E-state index is 0. The molecule has 4 heteroatoms. The summed E-state index contributed by atoms with van der Waals surface area (Å²) in [6.07, 6.45) is 2.55. The van der Waals surface area contributed by atoms with E-state index in [1.54, 1.807) is 33.4 Å². The molecular weight excluding hydrogens is 466 g/mol. The fourth-order valence-corrected chi connectivity index (χ4v) is 29.1. The van der Waals surface area contributed by atoms with E-state index in [0.29, 0.717) is 5.92 Å². The number of hydrogen-bond acceptors (Lipinski definition) is 0. The minimum Gasteiger partial charge on any atom is -1.00 e. The average Bonchev–Trinajstić information content (AvgIpc) is 3.03. The fourth-order valence-electron chi connectivity index (χ4n) is 4.90. The maximum atomic E-state index is 2.65. The van der Waals surface area contributed by atoms with Gasteiger partial charge in [0.25, 0.3) is 0 Å². The van der Waals surface area contributed by atoms with E-state index in [4.69, 9.17) is 0 Å². The summed E-state index contributed by atoms with van der Waals surface area (Å²) in [5.41, 5.74) is 11.6. The first-order valence-electron chi connectivity index (χ1n) is 9.77. The second-order valence-corrected chi connectivity index (χ2v) is 28.6. The zero-order chi connectivity index (χ0) is 18.5. The molecule has 1 aromatic rings. The van der Waals surface area contributed by atoms with Gasteiger partial charge in [0.05, 0.1) is 0 Å². The van der Waals surface area contributed by atoms with Gasteiger partial charge in [-0.2, -0.15) is 0 Å². The molecule has 0 amide bonds. The zero-order valence-corrected chi connectivity index (χ0v) is 23.1. The summed E-state index contributed by atoms with van der Waals surface area (Å²) in [6.45, 7) is 19.7. The van der Waals surface area contributed by atoms with Gasteiger partial charge in [0.2, 0.25) is 0 Å². The molecule has 0 heterocycles. The van der Waals surface area contributed by atoms with Crippen LogP contribution in [0.2, 0.25) is 16.7 Å². The van der Waals surface area contributed by atoms with Crippen LogP contribution in [0.4, 0.5) is 0 Å². The third-order valence-corrected chi connectivity index (χ3v) is 28.7. The van der Waals surface area contributed by atoms with Crippen LogP contribution in [0.25, 0.3) is 6.08 Å². The van der Waals surface area contributed by atoms with Crippen LogP contribution in [-0.2, 0) is 20.9 Å². The van der Waals surface area contributed by atoms with Crippen LogP contribution in [0.15, 0.2) is 52.1 Å². The third-order valence-electron chi connectivity index (χ3n) is 6.57. The molecule has 147 valence electrons. The summed E-state index contributed by atoms with van der Waals surface area (Å²) in [5, 5.41) is 0. The van der Waals surface area contributed by atoms with Crippen LogP contribution in [0.3, 0.4) is 0 Å². The van der Waals surface area contributed by atoms with Crippen molar-refractivity contribution in [3.8, 4) is 0 Å². The van der Waals surface area contributed by atoms with Crippen molar-refractivity contribution in [1.82, 2.24) is 0 Å². The van der Waals surface area contributed by atoms with Crippen LogP contribution in [0.5, 0.6) is 0 Å². The van der Waals surface area contributed by atoms with Crippen LogP contribution in [0, 0.1) is 5.92 Å². The Morgan fingerprint density at radius 2 is 1.37 bits per heavy atom.